The van der Waals surface area contributed by atoms with Gasteiger partial charge in [-0.2, -0.15) is 5.26 Å². The summed E-state index contributed by atoms with van der Waals surface area (Å²) in [6, 6.07) is 5.45. The number of carbonyl (C=O) groups is 1. The third-order valence-electron chi connectivity index (χ3n) is 2.95. The molecule has 2 N–H and O–H groups in total. The number of non-ortho nitro benzene ring substituents is 1. The van der Waals surface area contributed by atoms with Crippen molar-refractivity contribution in [2.75, 3.05) is 32.5 Å². The topological polar surface area (TPSA) is 111 Å². The van der Waals surface area contributed by atoms with Gasteiger partial charge in [0.25, 0.3) is 11.6 Å². The smallest absolute Gasteiger partial charge is 0.271 e. The summed E-state index contributed by atoms with van der Waals surface area (Å²) in [5.74, 6) is -0.694. The Kier molecular flexibility index (Phi) is 7.68. The number of rotatable bonds is 8. The summed E-state index contributed by atoms with van der Waals surface area (Å²) in [5, 5.41) is 25.3. The molecule has 0 saturated carbocycles. The summed E-state index contributed by atoms with van der Waals surface area (Å²) < 4.78 is 0. The maximum Gasteiger partial charge on any atom is 0.271 e. The second-order valence-corrected chi connectivity index (χ2v) is 5.56. The first kappa shape index (κ1) is 19.4. The van der Waals surface area contributed by atoms with E-state index in [1.165, 1.54) is 18.3 Å². The molecule has 0 aliphatic rings. The monoisotopic (exact) mass is 351 g/mol. The van der Waals surface area contributed by atoms with E-state index >= 15 is 0 Å². The molecule has 0 aliphatic heterocycles. The molecular formula is C15H18ClN5O3. The molecule has 0 radical (unpaired) electrons. The number of nitro benzene ring substituents is 1. The third-order valence-corrected chi connectivity index (χ3v) is 3.28. The van der Waals surface area contributed by atoms with E-state index in [2.05, 4.69) is 10.6 Å². The van der Waals surface area contributed by atoms with Gasteiger partial charge in [0.15, 0.2) is 0 Å². The van der Waals surface area contributed by atoms with Gasteiger partial charge in [0.1, 0.15) is 11.6 Å². The van der Waals surface area contributed by atoms with Gasteiger partial charge in [-0.1, -0.05) is 11.6 Å². The second-order valence-electron chi connectivity index (χ2n) is 5.16. The van der Waals surface area contributed by atoms with E-state index in [0.29, 0.717) is 6.54 Å². The van der Waals surface area contributed by atoms with Gasteiger partial charge in [-0.05, 0) is 33.1 Å². The molecule has 24 heavy (non-hydrogen) atoms. The van der Waals surface area contributed by atoms with Crippen LogP contribution < -0.4 is 10.6 Å². The van der Waals surface area contributed by atoms with Crippen molar-refractivity contribution in [3.63, 3.8) is 0 Å². The van der Waals surface area contributed by atoms with Crippen molar-refractivity contribution < 1.29 is 9.72 Å². The standard InChI is InChI=1S/C15H18ClN5O3/c1-20(2)7-3-6-18-10-11(9-17)15(22)19-14-8-12(21(23)24)4-5-13(14)16/h4-5,8,10,18H,3,6-7H2,1-2H3,(H,19,22)/b11-10-. The van der Waals surface area contributed by atoms with E-state index in [1.54, 1.807) is 6.07 Å². The summed E-state index contributed by atoms with van der Waals surface area (Å²) in [6.45, 7) is 1.48. The average molecular weight is 352 g/mol. The molecule has 0 aromatic heterocycles. The van der Waals surface area contributed by atoms with Crippen LogP contribution in [0, 0.1) is 21.4 Å². The number of hydrogen-bond acceptors (Lipinski definition) is 6. The van der Waals surface area contributed by atoms with Crippen LogP contribution in [0.4, 0.5) is 11.4 Å². The molecule has 0 bridgehead atoms. The van der Waals surface area contributed by atoms with Crippen LogP contribution in [0.15, 0.2) is 30.0 Å². The maximum absolute atomic E-state index is 12.1. The van der Waals surface area contributed by atoms with E-state index in [4.69, 9.17) is 16.9 Å². The number of hydrogen-bond donors (Lipinski definition) is 2. The average Bonchev–Trinajstić information content (AvgIpc) is 2.52. The molecule has 0 saturated heterocycles. The number of nitriles is 1. The lowest BCUT2D eigenvalue weighted by atomic mass is 10.2. The van der Waals surface area contributed by atoms with Gasteiger partial charge < -0.3 is 15.5 Å². The minimum atomic E-state index is -0.694. The van der Waals surface area contributed by atoms with Crippen LogP contribution in [0.25, 0.3) is 0 Å². The zero-order valence-corrected chi connectivity index (χ0v) is 14.1. The Balaban J connectivity index is 2.72. The molecule has 128 valence electrons. The van der Waals surface area contributed by atoms with Crippen molar-refractivity contribution in [3.05, 3.63) is 45.1 Å². The minimum Gasteiger partial charge on any atom is -0.390 e. The van der Waals surface area contributed by atoms with Crippen LogP contribution in [0.1, 0.15) is 6.42 Å². The van der Waals surface area contributed by atoms with Crippen molar-refractivity contribution in [2.24, 2.45) is 0 Å². The van der Waals surface area contributed by atoms with Crippen LogP contribution in [-0.4, -0.2) is 42.9 Å². The van der Waals surface area contributed by atoms with Gasteiger partial charge in [-0.3, -0.25) is 14.9 Å². The van der Waals surface area contributed by atoms with E-state index in [9.17, 15) is 14.9 Å². The van der Waals surface area contributed by atoms with Crippen LogP contribution in [0.2, 0.25) is 5.02 Å². The molecule has 8 nitrogen and oxygen atoms in total. The summed E-state index contributed by atoms with van der Waals surface area (Å²) >= 11 is 5.91. The Morgan fingerprint density at radius 3 is 2.79 bits per heavy atom. The normalized spacial score (nSPS) is 11.0. The molecule has 1 aromatic carbocycles. The summed E-state index contributed by atoms with van der Waals surface area (Å²) in [4.78, 5) is 24.3. The minimum absolute atomic E-state index is 0.0737. The predicted molar refractivity (Wildman–Crippen MR) is 91.6 cm³/mol. The highest BCUT2D eigenvalue weighted by molar-refractivity contribution is 6.34. The SMILES string of the molecule is CN(C)CCCN/C=C(/C#N)C(=O)Nc1cc([N+](=O)[O-])ccc1Cl. The van der Waals surface area contributed by atoms with Crippen molar-refractivity contribution in [3.8, 4) is 6.07 Å². The van der Waals surface area contributed by atoms with Crippen molar-refractivity contribution in [2.45, 2.75) is 6.42 Å². The highest BCUT2D eigenvalue weighted by Gasteiger charge is 2.14. The van der Waals surface area contributed by atoms with E-state index in [-0.39, 0.29) is 22.0 Å². The zero-order chi connectivity index (χ0) is 18.1. The van der Waals surface area contributed by atoms with Crippen molar-refractivity contribution in [1.82, 2.24) is 10.2 Å². The van der Waals surface area contributed by atoms with E-state index in [0.717, 1.165) is 19.0 Å². The summed E-state index contributed by atoms with van der Waals surface area (Å²) in [7, 11) is 3.90. The summed E-state index contributed by atoms with van der Waals surface area (Å²) in [6.07, 6.45) is 2.16. The fourth-order valence-electron chi connectivity index (χ4n) is 1.73. The van der Waals surface area contributed by atoms with Gasteiger partial charge in [-0.15, -0.1) is 0 Å². The molecule has 0 fully saturated rings. The number of nitro groups is 1. The fraction of sp³-hybridized carbons (Fsp3) is 0.333. The fourth-order valence-corrected chi connectivity index (χ4v) is 1.90. The lowest BCUT2D eigenvalue weighted by molar-refractivity contribution is -0.384. The van der Waals surface area contributed by atoms with Crippen LogP contribution in [0.3, 0.4) is 0 Å². The molecule has 1 aromatic rings. The Labute approximate surface area is 144 Å². The molecule has 9 heteroatoms. The second kappa shape index (κ2) is 9.50. The number of carbonyl (C=O) groups excluding carboxylic acids is 1. The Bertz CT molecular complexity index is 682. The Morgan fingerprint density at radius 2 is 2.21 bits per heavy atom. The molecule has 0 atom stereocenters. The first-order chi connectivity index (χ1) is 11.3. The van der Waals surface area contributed by atoms with Crippen LogP contribution in [-0.2, 0) is 4.79 Å². The predicted octanol–water partition coefficient (Wildman–Crippen LogP) is 2.14. The first-order valence-electron chi connectivity index (χ1n) is 7.09. The molecular weight excluding hydrogens is 334 g/mol. The number of amides is 1. The number of benzene rings is 1. The largest absolute Gasteiger partial charge is 0.390 e. The number of nitrogens with zero attached hydrogens (tertiary/aromatic N) is 3. The molecule has 0 unspecified atom stereocenters. The number of anilines is 1. The molecule has 1 rings (SSSR count). The maximum atomic E-state index is 12.1. The lowest BCUT2D eigenvalue weighted by Crippen LogP contribution is -2.20. The lowest BCUT2D eigenvalue weighted by Gasteiger charge is -2.09. The Morgan fingerprint density at radius 1 is 1.50 bits per heavy atom. The van der Waals surface area contributed by atoms with Gasteiger partial charge in [-0.25, -0.2) is 0 Å². The highest BCUT2D eigenvalue weighted by atomic mass is 35.5. The van der Waals surface area contributed by atoms with E-state index in [1.807, 2.05) is 19.0 Å². The van der Waals surface area contributed by atoms with Gasteiger partial charge in [0, 0.05) is 24.9 Å². The molecule has 1 amide bonds. The number of nitrogens with one attached hydrogen (secondary N) is 2. The van der Waals surface area contributed by atoms with Crippen LogP contribution >= 0.6 is 11.6 Å². The van der Waals surface area contributed by atoms with Crippen molar-refractivity contribution >= 4 is 28.9 Å². The first-order valence-corrected chi connectivity index (χ1v) is 7.46. The quantitative estimate of drug-likeness (QED) is 0.244. The van der Waals surface area contributed by atoms with Crippen LogP contribution in [0.5, 0.6) is 0 Å². The van der Waals surface area contributed by atoms with Gasteiger partial charge >= 0.3 is 0 Å². The molecule has 0 heterocycles. The van der Waals surface area contributed by atoms with Gasteiger partial charge in [0.2, 0.25) is 0 Å². The molecule has 0 spiro atoms. The Hall–Kier alpha value is -2.63. The third kappa shape index (κ3) is 6.24. The van der Waals surface area contributed by atoms with Gasteiger partial charge in [0.05, 0.1) is 15.6 Å². The van der Waals surface area contributed by atoms with E-state index < -0.39 is 10.8 Å². The summed E-state index contributed by atoms with van der Waals surface area (Å²) in [5.41, 5.74) is -0.286. The highest BCUT2D eigenvalue weighted by Crippen LogP contribution is 2.26. The number of halogens is 1. The zero-order valence-electron chi connectivity index (χ0n) is 13.4. The molecule has 0 aliphatic carbocycles. The van der Waals surface area contributed by atoms with Crippen molar-refractivity contribution in [1.29, 1.82) is 5.26 Å².